The van der Waals surface area contributed by atoms with E-state index in [1.54, 1.807) is 6.92 Å². The Morgan fingerprint density at radius 1 is 1.42 bits per heavy atom. The van der Waals surface area contributed by atoms with E-state index in [9.17, 15) is 18.0 Å². The average Bonchev–Trinajstić information content (AvgIpc) is 2.30. The van der Waals surface area contributed by atoms with Gasteiger partial charge in [0.15, 0.2) is 0 Å². The number of hydrogen-bond acceptors (Lipinski definition) is 2. The molecule has 1 amide bonds. The molecule has 0 saturated carbocycles. The molecule has 0 aliphatic heterocycles. The Morgan fingerprint density at radius 3 is 2.47 bits per heavy atom. The van der Waals surface area contributed by atoms with Crippen molar-refractivity contribution in [1.29, 1.82) is 0 Å². The molecule has 0 heterocycles. The van der Waals surface area contributed by atoms with Gasteiger partial charge in [0.05, 0.1) is 21.8 Å². The summed E-state index contributed by atoms with van der Waals surface area (Å²) in [6, 6.07) is 3.29. The number of carbonyl (C=O) groups is 1. The molecule has 0 aromatic heterocycles. The summed E-state index contributed by atoms with van der Waals surface area (Å²) in [5, 5.41) is 1.98. The van der Waals surface area contributed by atoms with Crippen LogP contribution in [0.3, 0.4) is 0 Å². The number of alkyl halides is 3. The van der Waals surface area contributed by atoms with E-state index >= 15 is 0 Å². The molecule has 0 bridgehead atoms. The van der Waals surface area contributed by atoms with Gasteiger partial charge in [-0.05, 0) is 25.5 Å². The summed E-state index contributed by atoms with van der Waals surface area (Å²) in [7, 11) is 0. The maximum atomic E-state index is 12.8. The fraction of sp³-hybridized carbons (Fsp3) is 0.417. The van der Waals surface area contributed by atoms with Gasteiger partial charge < -0.3 is 11.1 Å². The largest absolute Gasteiger partial charge is 0.418 e. The van der Waals surface area contributed by atoms with E-state index < -0.39 is 28.9 Å². The molecule has 106 valence electrons. The van der Waals surface area contributed by atoms with E-state index in [4.69, 9.17) is 17.3 Å². The number of hydrogen-bond donors (Lipinski definition) is 2. The molecule has 1 atom stereocenters. The number of halogens is 4. The third kappa shape index (κ3) is 3.61. The lowest BCUT2D eigenvalue weighted by Crippen LogP contribution is -2.48. The zero-order valence-corrected chi connectivity index (χ0v) is 11.2. The van der Waals surface area contributed by atoms with Gasteiger partial charge in [-0.25, -0.2) is 0 Å². The van der Waals surface area contributed by atoms with Crippen molar-refractivity contribution in [1.82, 2.24) is 0 Å². The first-order valence-electron chi connectivity index (χ1n) is 5.55. The van der Waals surface area contributed by atoms with Crippen molar-refractivity contribution in [3.63, 3.8) is 0 Å². The van der Waals surface area contributed by atoms with Gasteiger partial charge in [0.1, 0.15) is 0 Å². The van der Waals surface area contributed by atoms with Crippen LogP contribution in [0.25, 0.3) is 0 Å². The van der Waals surface area contributed by atoms with Crippen LogP contribution in [0.5, 0.6) is 0 Å². The quantitative estimate of drug-likeness (QED) is 0.897. The molecule has 19 heavy (non-hydrogen) atoms. The maximum Gasteiger partial charge on any atom is 0.418 e. The number of nitrogens with two attached hydrogens (primary N) is 1. The van der Waals surface area contributed by atoms with Crippen molar-refractivity contribution in [2.75, 3.05) is 5.32 Å². The maximum absolute atomic E-state index is 12.8. The molecule has 0 aliphatic carbocycles. The Kier molecular flexibility index (Phi) is 4.47. The van der Waals surface area contributed by atoms with Crippen molar-refractivity contribution in [2.45, 2.75) is 32.0 Å². The van der Waals surface area contributed by atoms with Crippen molar-refractivity contribution < 1.29 is 18.0 Å². The topological polar surface area (TPSA) is 55.1 Å². The smallest absolute Gasteiger partial charge is 0.323 e. The van der Waals surface area contributed by atoms with E-state index in [0.717, 1.165) is 6.07 Å². The molecule has 1 rings (SSSR count). The summed E-state index contributed by atoms with van der Waals surface area (Å²) in [6.45, 7) is 3.10. The second-order valence-electron chi connectivity index (χ2n) is 4.39. The highest BCUT2D eigenvalue weighted by Crippen LogP contribution is 2.38. The summed E-state index contributed by atoms with van der Waals surface area (Å²) in [5.41, 5.74) is 2.95. The van der Waals surface area contributed by atoms with Gasteiger partial charge in [-0.2, -0.15) is 13.2 Å². The van der Waals surface area contributed by atoms with Crippen LogP contribution >= 0.6 is 11.6 Å². The summed E-state index contributed by atoms with van der Waals surface area (Å²) < 4.78 is 38.4. The van der Waals surface area contributed by atoms with Gasteiger partial charge in [0, 0.05) is 0 Å². The van der Waals surface area contributed by atoms with Crippen molar-refractivity contribution >= 4 is 23.2 Å². The van der Waals surface area contributed by atoms with Crippen LogP contribution in [0.1, 0.15) is 25.8 Å². The normalized spacial score (nSPS) is 14.9. The summed E-state index contributed by atoms with van der Waals surface area (Å²) >= 11 is 5.72. The molecule has 7 heteroatoms. The van der Waals surface area contributed by atoms with E-state index in [1.165, 1.54) is 19.1 Å². The minimum absolute atomic E-state index is 0.185. The van der Waals surface area contributed by atoms with E-state index in [1.807, 2.05) is 0 Å². The lowest BCUT2D eigenvalue weighted by atomic mass is 9.99. The third-order valence-electron chi connectivity index (χ3n) is 2.81. The molecule has 0 fully saturated rings. The lowest BCUT2D eigenvalue weighted by Gasteiger charge is -2.23. The van der Waals surface area contributed by atoms with Crippen molar-refractivity contribution in [3.8, 4) is 0 Å². The van der Waals surface area contributed by atoms with Gasteiger partial charge in [-0.3, -0.25) is 4.79 Å². The third-order valence-corrected chi connectivity index (χ3v) is 3.13. The fourth-order valence-corrected chi connectivity index (χ4v) is 1.53. The van der Waals surface area contributed by atoms with Crippen LogP contribution in [-0.4, -0.2) is 11.4 Å². The Bertz CT molecular complexity index is 486. The Balaban J connectivity index is 3.18. The first-order valence-corrected chi connectivity index (χ1v) is 5.93. The molecule has 0 saturated heterocycles. The Morgan fingerprint density at radius 2 is 2.00 bits per heavy atom. The van der Waals surface area contributed by atoms with Crippen molar-refractivity contribution in [2.24, 2.45) is 5.73 Å². The van der Waals surface area contributed by atoms with E-state index in [2.05, 4.69) is 5.32 Å². The number of para-hydroxylation sites is 1. The monoisotopic (exact) mass is 294 g/mol. The Labute approximate surface area is 113 Å². The standard InChI is InChI=1S/C12H14ClF3N2O/c1-3-11(2,17)10(19)18-9-7(12(14,15)16)5-4-6-8(9)13/h4-6H,3,17H2,1-2H3,(H,18,19). The molecule has 0 radical (unpaired) electrons. The number of nitrogens with one attached hydrogen (secondary N) is 1. The van der Waals surface area contributed by atoms with Crippen LogP contribution in [0.4, 0.5) is 18.9 Å². The lowest BCUT2D eigenvalue weighted by molar-refractivity contribution is -0.137. The first kappa shape index (κ1) is 15.8. The van der Waals surface area contributed by atoms with Crippen LogP contribution in [0, 0.1) is 0 Å². The number of carbonyl (C=O) groups excluding carboxylic acids is 1. The van der Waals surface area contributed by atoms with Crippen LogP contribution in [0.2, 0.25) is 5.02 Å². The molecule has 1 unspecified atom stereocenters. The molecule has 3 nitrogen and oxygen atoms in total. The van der Waals surface area contributed by atoms with Crippen LogP contribution in [0.15, 0.2) is 18.2 Å². The Hall–Kier alpha value is -1.27. The highest BCUT2D eigenvalue weighted by atomic mass is 35.5. The predicted octanol–water partition coefficient (Wildman–Crippen LogP) is 3.42. The molecular formula is C12H14ClF3N2O. The van der Waals surface area contributed by atoms with E-state index in [0.29, 0.717) is 0 Å². The highest BCUT2D eigenvalue weighted by molar-refractivity contribution is 6.34. The van der Waals surface area contributed by atoms with Gasteiger partial charge >= 0.3 is 6.18 Å². The second kappa shape index (κ2) is 5.38. The number of anilines is 1. The molecule has 0 spiro atoms. The van der Waals surface area contributed by atoms with Crippen LogP contribution in [-0.2, 0) is 11.0 Å². The zero-order valence-electron chi connectivity index (χ0n) is 10.4. The average molecular weight is 295 g/mol. The van der Waals surface area contributed by atoms with Gasteiger partial charge in [0.25, 0.3) is 0 Å². The fourth-order valence-electron chi connectivity index (χ4n) is 1.30. The van der Waals surface area contributed by atoms with Crippen LogP contribution < -0.4 is 11.1 Å². The molecule has 0 aliphatic rings. The second-order valence-corrected chi connectivity index (χ2v) is 4.79. The number of benzene rings is 1. The minimum Gasteiger partial charge on any atom is -0.323 e. The van der Waals surface area contributed by atoms with Gasteiger partial charge in [-0.15, -0.1) is 0 Å². The molecular weight excluding hydrogens is 281 g/mol. The molecule has 1 aromatic carbocycles. The molecule has 3 N–H and O–H groups in total. The number of amides is 1. The summed E-state index contributed by atoms with van der Waals surface area (Å²) in [6.07, 6.45) is -4.32. The minimum atomic E-state index is -4.61. The zero-order chi connectivity index (χ0) is 14.8. The van der Waals surface area contributed by atoms with E-state index in [-0.39, 0.29) is 11.4 Å². The summed E-state index contributed by atoms with van der Waals surface area (Å²) in [5.74, 6) is -0.714. The number of rotatable bonds is 3. The molecule has 1 aromatic rings. The van der Waals surface area contributed by atoms with Gasteiger partial charge in [-0.1, -0.05) is 24.6 Å². The predicted molar refractivity (Wildman–Crippen MR) is 68.0 cm³/mol. The first-order chi connectivity index (χ1) is 8.59. The van der Waals surface area contributed by atoms with Gasteiger partial charge in [0.2, 0.25) is 5.91 Å². The SMILES string of the molecule is CCC(C)(N)C(=O)Nc1c(Cl)cccc1C(F)(F)F. The highest BCUT2D eigenvalue weighted by Gasteiger charge is 2.36. The van der Waals surface area contributed by atoms with Crippen molar-refractivity contribution in [3.05, 3.63) is 28.8 Å². The summed E-state index contributed by atoms with van der Waals surface area (Å²) in [4.78, 5) is 11.8.